The number of hydrogen-bond donors (Lipinski definition) is 1. The van der Waals surface area contributed by atoms with E-state index in [1.54, 1.807) is 0 Å². The van der Waals surface area contributed by atoms with Crippen molar-refractivity contribution in [3.05, 3.63) is 83.2 Å². The van der Waals surface area contributed by atoms with Crippen molar-refractivity contribution in [1.82, 2.24) is 5.32 Å². The van der Waals surface area contributed by atoms with Crippen LogP contribution in [0.5, 0.6) is 0 Å². The molecule has 1 aliphatic rings. The molecule has 1 aliphatic heterocycles. The molecule has 0 aromatic heterocycles. The van der Waals surface area contributed by atoms with Gasteiger partial charge in [-0.15, -0.1) is 0 Å². The Balaban J connectivity index is 1.91. The van der Waals surface area contributed by atoms with Crippen LogP contribution in [0.4, 0.5) is 0 Å². The molecule has 3 rings (SSSR count). The molecule has 0 fully saturated rings. The Morgan fingerprint density at radius 1 is 1.04 bits per heavy atom. The minimum atomic E-state index is -0.751. The molecular weight excluding hydrogens is 320 g/mol. The second-order valence-electron chi connectivity index (χ2n) is 5.22. The van der Waals surface area contributed by atoms with Gasteiger partial charge in [-0.3, -0.25) is 4.79 Å². The van der Waals surface area contributed by atoms with Crippen LogP contribution in [-0.4, -0.2) is 24.8 Å². The van der Waals surface area contributed by atoms with Gasteiger partial charge in [0, 0.05) is 5.56 Å². The lowest BCUT2D eigenvalue weighted by molar-refractivity contribution is -0.141. The first-order valence-corrected chi connectivity index (χ1v) is 7.64. The highest BCUT2D eigenvalue weighted by Crippen LogP contribution is 2.18. The largest absolute Gasteiger partial charge is 0.480 e. The van der Waals surface area contributed by atoms with Crippen LogP contribution in [-0.2, 0) is 25.7 Å². The number of nitrogens with zero attached hydrogens (tertiary/aromatic N) is 1. The van der Waals surface area contributed by atoms with E-state index >= 15 is 0 Å². The average Bonchev–Trinajstić information content (AvgIpc) is 3.05. The molecule has 0 saturated heterocycles. The fourth-order valence-electron chi connectivity index (χ4n) is 2.29. The van der Waals surface area contributed by atoms with E-state index in [9.17, 15) is 9.59 Å². The highest BCUT2D eigenvalue weighted by Gasteiger charge is 2.30. The van der Waals surface area contributed by atoms with Crippen molar-refractivity contribution in [2.45, 2.75) is 6.61 Å². The van der Waals surface area contributed by atoms with Crippen LogP contribution in [0.15, 0.2) is 77.1 Å². The van der Waals surface area contributed by atoms with Gasteiger partial charge in [-0.25, -0.2) is 9.79 Å². The fourth-order valence-corrected chi connectivity index (χ4v) is 2.29. The predicted molar refractivity (Wildman–Crippen MR) is 91.4 cm³/mol. The second kappa shape index (κ2) is 7.44. The van der Waals surface area contributed by atoms with Crippen molar-refractivity contribution < 1.29 is 19.1 Å². The van der Waals surface area contributed by atoms with Crippen LogP contribution in [0.2, 0.25) is 0 Å². The Morgan fingerprint density at radius 3 is 2.32 bits per heavy atom. The van der Waals surface area contributed by atoms with Crippen molar-refractivity contribution in [3.63, 3.8) is 0 Å². The normalized spacial score (nSPS) is 15.2. The zero-order valence-electron chi connectivity index (χ0n) is 13.6. The number of rotatable bonds is 5. The molecular formula is C19H16N2O4. The lowest BCUT2D eigenvalue weighted by atomic mass is 10.2. The lowest BCUT2D eigenvalue weighted by Gasteiger charge is -2.09. The fraction of sp³-hybridized carbons (Fsp3) is 0.105. The average molecular weight is 336 g/mol. The maximum atomic E-state index is 12.3. The molecule has 6 nitrogen and oxygen atoms in total. The van der Waals surface area contributed by atoms with E-state index in [4.69, 9.17) is 9.47 Å². The summed E-state index contributed by atoms with van der Waals surface area (Å²) in [5.41, 5.74) is 1.50. The Hall–Kier alpha value is -3.41. The molecule has 2 aromatic carbocycles. The lowest BCUT2D eigenvalue weighted by Crippen LogP contribution is -2.25. The zero-order chi connectivity index (χ0) is 17.6. The molecule has 0 aliphatic carbocycles. The molecule has 1 amide bonds. The molecule has 1 heterocycles. The number of hydrogen-bond acceptors (Lipinski definition) is 5. The summed E-state index contributed by atoms with van der Waals surface area (Å²) >= 11 is 0. The minimum absolute atomic E-state index is 0.0957. The van der Waals surface area contributed by atoms with Crippen molar-refractivity contribution in [1.29, 1.82) is 0 Å². The number of carbonyl (C=O) groups excluding carboxylic acids is 2. The molecule has 0 unspecified atom stereocenters. The molecule has 126 valence electrons. The first-order chi connectivity index (χ1) is 12.2. The highest BCUT2D eigenvalue weighted by atomic mass is 16.6. The van der Waals surface area contributed by atoms with Gasteiger partial charge >= 0.3 is 5.97 Å². The molecule has 25 heavy (non-hydrogen) atoms. The minimum Gasteiger partial charge on any atom is -0.480 e. The maximum Gasteiger partial charge on any atom is 0.375 e. The summed E-state index contributed by atoms with van der Waals surface area (Å²) < 4.78 is 10.3. The third-order valence-corrected chi connectivity index (χ3v) is 3.53. The summed E-state index contributed by atoms with van der Waals surface area (Å²) in [6.45, 7) is 0.123. The Kier molecular flexibility index (Phi) is 4.89. The molecule has 2 aromatic rings. The molecule has 0 atom stereocenters. The van der Waals surface area contributed by atoms with E-state index in [1.807, 2.05) is 60.7 Å². The van der Waals surface area contributed by atoms with Crippen LogP contribution in [0.25, 0.3) is 0 Å². The van der Waals surface area contributed by atoms with Gasteiger partial charge in [-0.2, -0.15) is 0 Å². The zero-order valence-corrected chi connectivity index (χ0v) is 13.6. The van der Waals surface area contributed by atoms with Crippen LogP contribution in [0, 0.1) is 0 Å². The van der Waals surface area contributed by atoms with Crippen molar-refractivity contribution >= 4 is 17.7 Å². The number of ether oxygens (including phenoxy) is 2. The molecule has 6 heteroatoms. The standard InChI is InChI=1S/C19H16N2O4/c1-24-19(23)16(25-12-13-8-4-2-5-9-13)15-18(22)21-17(20-15)14-10-6-3-7-11-14/h2-11H,12H2,1H3,(H,20,21,22)/b16-15+. The molecule has 0 bridgehead atoms. The number of amides is 1. The SMILES string of the molecule is COC(=O)/C(OCc1ccccc1)=C1\N=C(c2ccccc2)NC1=O. The van der Waals surface area contributed by atoms with Crippen molar-refractivity contribution in [2.24, 2.45) is 4.99 Å². The third-order valence-electron chi connectivity index (χ3n) is 3.53. The van der Waals surface area contributed by atoms with Gasteiger partial charge in [-0.1, -0.05) is 60.7 Å². The van der Waals surface area contributed by atoms with Crippen LogP contribution in [0.1, 0.15) is 11.1 Å². The Labute approximate surface area is 144 Å². The number of esters is 1. The quantitative estimate of drug-likeness (QED) is 0.516. The summed E-state index contributed by atoms with van der Waals surface area (Å²) in [6.07, 6.45) is 0. The first-order valence-electron chi connectivity index (χ1n) is 7.64. The van der Waals surface area contributed by atoms with Gasteiger partial charge in [0.05, 0.1) is 7.11 Å². The van der Waals surface area contributed by atoms with E-state index in [-0.39, 0.29) is 18.1 Å². The number of methoxy groups -OCH3 is 1. The Morgan fingerprint density at radius 2 is 1.68 bits per heavy atom. The van der Waals surface area contributed by atoms with E-state index < -0.39 is 11.9 Å². The summed E-state index contributed by atoms with van der Waals surface area (Å²) in [7, 11) is 1.23. The van der Waals surface area contributed by atoms with Crippen LogP contribution >= 0.6 is 0 Å². The molecule has 0 radical (unpaired) electrons. The highest BCUT2D eigenvalue weighted by molar-refractivity contribution is 6.20. The number of nitrogens with one attached hydrogen (secondary N) is 1. The number of aliphatic imine (C=N–C) groups is 1. The molecule has 0 spiro atoms. The summed E-state index contributed by atoms with van der Waals surface area (Å²) in [4.78, 5) is 28.5. The van der Waals surface area contributed by atoms with Gasteiger partial charge in [0.25, 0.3) is 5.91 Å². The van der Waals surface area contributed by atoms with Gasteiger partial charge in [0.15, 0.2) is 5.70 Å². The maximum absolute atomic E-state index is 12.3. The van der Waals surface area contributed by atoms with E-state index in [2.05, 4.69) is 10.3 Å². The van der Waals surface area contributed by atoms with Gasteiger partial charge < -0.3 is 14.8 Å². The van der Waals surface area contributed by atoms with E-state index in [0.717, 1.165) is 11.1 Å². The number of amidine groups is 1. The number of carbonyl (C=O) groups is 2. The van der Waals surface area contributed by atoms with Gasteiger partial charge in [0.2, 0.25) is 5.76 Å². The summed E-state index contributed by atoms with van der Waals surface area (Å²) in [5, 5.41) is 2.64. The number of benzene rings is 2. The third kappa shape index (κ3) is 3.74. The first kappa shape index (κ1) is 16.4. The Bertz CT molecular complexity index is 842. The van der Waals surface area contributed by atoms with E-state index in [0.29, 0.717) is 5.84 Å². The van der Waals surface area contributed by atoms with Crippen molar-refractivity contribution in [3.8, 4) is 0 Å². The van der Waals surface area contributed by atoms with Gasteiger partial charge in [-0.05, 0) is 5.56 Å². The topological polar surface area (TPSA) is 77.0 Å². The smallest absolute Gasteiger partial charge is 0.375 e. The molecule has 1 N–H and O–H groups in total. The second-order valence-corrected chi connectivity index (χ2v) is 5.22. The van der Waals surface area contributed by atoms with E-state index in [1.165, 1.54) is 7.11 Å². The van der Waals surface area contributed by atoms with Crippen LogP contribution < -0.4 is 5.32 Å². The predicted octanol–water partition coefficient (Wildman–Crippen LogP) is 2.16. The summed E-state index contributed by atoms with van der Waals surface area (Å²) in [6, 6.07) is 18.5. The van der Waals surface area contributed by atoms with Gasteiger partial charge in [0.1, 0.15) is 12.4 Å². The van der Waals surface area contributed by atoms with Crippen LogP contribution in [0.3, 0.4) is 0 Å². The summed E-state index contributed by atoms with van der Waals surface area (Å²) in [5.74, 6) is -1.11. The monoisotopic (exact) mass is 336 g/mol. The van der Waals surface area contributed by atoms with Crippen molar-refractivity contribution in [2.75, 3.05) is 7.11 Å². The molecule has 0 saturated carbocycles.